The van der Waals surface area contributed by atoms with Crippen LogP contribution in [0.5, 0.6) is 0 Å². The number of rotatable bonds is 5. The van der Waals surface area contributed by atoms with E-state index in [0.29, 0.717) is 0 Å². The van der Waals surface area contributed by atoms with Crippen molar-refractivity contribution in [3.8, 4) is 0 Å². The van der Waals surface area contributed by atoms with Crippen LogP contribution in [0.15, 0.2) is 18.2 Å². The standard InChI is InChI=1S/C11H15NO2.C8H15NO2/c1-7-5-4-6-8(2)10(7)12-9(3)11(13)14;9-6-8(10)11-7-4-2-1-3-5-7/h4-6,9,12H,1-3H3,(H,13,14);7H,1-6,9H2/t9-;/m0./s1. The second kappa shape index (κ2) is 10.7. The molecule has 4 N–H and O–H groups in total. The van der Waals surface area contributed by atoms with E-state index >= 15 is 0 Å². The normalized spacial score (nSPS) is 15.5. The first kappa shape index (κ1) is 21.0. The molecule has 0 bridgehead atoms. The summed E-state index contributed by atoms with van der Waals surface area (Å²) in [4.78, 5) is 21.4. The van der Waals surface area contributed by atoms with Crippen LogP contribution in [0, 0.1) is 13.8 Å². The van der Waals surface area contributed by atoms with Crippen LogP contribution in [-0.2, 0) is 14.3 Å². The quantitative estimate of drug-likeness (QED) is 0.706. The molecule has 1 saturated carbocycles. The summed E-state index contributed by atoms with van der Waals surface area (Å²) in [7, 11) is 0. The molecular formula is C19H30N2O4. The maximum absolute atomic E-state index is 10.7. The summed E-state index contributed by atoms with van der Waals surface area (Å²) in [5.41, 5.74) is 8.17. The minimum atomic E-state index is -0.840. The lowest BCUT2D eigenvalue weighted by Gasteiger charge is -2.21. The van der Waals surface area contributed by atoms with E-state index in [0.717, 1.165) is 29.7 Å². The maximum Gasteiger partial charge on any atom is 0.325 e. The molecule has 0 aliphatic heterocycles. The number of carbonyl (C=O) groups is 2. The number of carbonyl (C=O) groups excluding carboxylic acids is 1. The molecule has 25 heavy (non-hydrogen) atoms. The van der Waals surface area contributed by atoms with Crippen molar-refractivity contribution in [2.45, 2.75) is 65.0 Å². The zero-order chi connectivity index (χ0) is 18.8. The van der Waals surface area contributed by atoms with Crippen LogP contribution >= 0.6 is 0 Å². The molecule has 0 heterocycles. The van der Waals surface area contributed by atoms with Crippen LogP contribution in [0.2, 0.25) is 0 Å². The van der Waals surface area contributed by atoms with E-state index in [1.807, 2.05) is 32.0 Å². The van der Waals surface area contributed by atoms with Gasteiger partial charge in [0.25, 0.3) is 0 Å². The number of ether oxygens (including phenoxy) is 1. The summed E-state index contributed by atoms with van der Waals surface area (Å²) in [6.45, 7) is 5.57. The van der Waals surface area contributed by atoms with E-state index in [4.69, 9.17) is 15.6 Å². The largest absolute Gasteiger partial charge is 0.480 e. The van der Waals surface area contributed by atoms with Crippen molar-refractivity contribution in [2.24, 2.45) is 5.73 Å². The molecule has 1 atom stereocenters. The fraction of sp³-hybridized carbons (Fsp3) is 0.579. The number of anilines is 1. The van der Waals surface area contributed by atoms with E-state index in [-0.39, 0.29) is 18.6 Å². The third-order valence-corrected chi connectivity index (χ3v) is 4.23. The van der Waals surface area contributed by atoms with Gasteiger partial charge >= 0.3 is 11.9 Å². The Kier molecular flexibility index (Phi) is 8.99. The Hall–Kier alpha value is -2.08. The molecule has 2 rings (SSSR count). The van der Waals surface area contributed by atoms with Gasteiger partial charge in [0, 0.05) is 5.69 Å². The number of carboxylic acid groups (broad SMARTS) is 1. The number of carboxylic acids is 1. The first-order valence-corrected chi connectivity index (χ1v) is 8.80. The molecule has 1 aromatic carbocycles. The summed E-state index contributed by atoms with van der Waals surface area (Å²) < 4.78 is 5.08. The van der Waals surface area contributed by atoms with Gasteiger partial charge in [-0.2, -0.15) is 0 Å². The fourth-order valence-corrected chi connectivity index (χ4v) is 2.74. The molecule has 140 valence electrons. The van der Waals surface area contributed by atoms with E-state index < -0.39 is 12.0 Å². The van der Waals surface area contributed by atoms with Gasteiger partial charge in [-0.1, -0.05) is 24.6 Å². The van der Waals surface area contributed by atoms with Crippen LogP contribution in [0.1, 0.15) is 50.2 Å². The van der Waals surface area contributed by atoms with Gasteiger partial charge in [0.1, 0.15) is 12.1 Å². The number of benzene rings is 1. The lowest BCUT2D eigenvalue weighted by Crippen LogP contribution is -2.26. The van der Waals surface area contributed by atoms with Crippen molar-refractivity contribution >= 4 is 17.6 Å². The zero-order valence-corrected chi connectivity index (χ0v) is 15.4. The number of esters is 1. The topological polar surface area (TPSA) is 102 Å². The van der Waals surface area contributed by atoms with Gasteiger partial charge in [-0.3, -0.25) is 9.59 Å². The van der Waals surface area contributed by atoms with Gasteiger partial charge in [-0.25, -0.2) is 0 Å². The minimum absolute atomic E-state index is 0.0104. The highest BCUT2D eigenvalue weighted by Gasteiger charge is 2.16. The lowest BCUT2D eigenvalue weighted by atomic mass is 9.98. The van der Waals surface area contributed by atoms with Gasteiger partial charge in [0.15, 0.2) is 0 Å². The Morgan fingerprint density at radius 1 is 1.24 bits per heavy atom. The van der Waals surface area contributed by atoms with E-state index in [1.54, 1.807) is 6.92 Å². The number of hydrogen-bond acceptors (Lipinski definition) is 5. The molecule has 1 aliphatic rings. The molecule has 0 radical (unpaired) electrons. The van der Waals surface area contributed by atoms with E-state index in [2.05, 4.69) is 5.32 Å². The fourth-order valence-electron chi connectivity index (χ4n) is 2.74. The van der Waals surface area contributed by atoms with Gasteiger partial charge in [-0.05, 0) is 57.6 Å². The monoisotopic (exact) mass is 350 g/mol. The van der Waals surface area contributed by atoms with Crippen molar-refractivity contribution < 1.29 is 19.4 Å². The van der Waals surface area contributed by atoms with Crippen molar-refractivity contribution in [1.82, 2.24) is 0 Å². The van der Waals surface area contributed by atoms with Crippen molar-refractivity contribution in [3.05, 3.63) is 29.3 Å². The number of nitrogens with two attached hydrogens (primary N) is 1. The Labute approximate surface area is 149 Å². The van der Waals surface area contributed by atoms with Gasteiger partial charge in [0.05, 0.1) is 6.54 Å². The van der Waals surface area contributed by atoms with Crippen molar-refractivity contribution in [2.75, 3.05) is 11.9 Å². The van der Waals surface area contributed by atoms with Crippen LogP contribution in [0.4, 0.5) is 5.69 Å². The number of aryl methyl sites for hydroxylation is 2. The van der Waals surface area contributed by atoms with Gasteiger partial charge in [-0.15, -0.1) is 0 Å². The molecule has 0 unspecified atom stereocenters. The highest BCUT2D eigenvalue weighted by molar-refractivity contribution is 5.77. The molecule has 6 heteroatoms. The molecule has 6 nitrogen and oxygen atoms in total. The summed E-state index contributed by atoms with van der Waals surface area (Å²) in [6, 6.07) is 5.32. The molecule has 1 aliphatic carbocycles. The number of aliphatic carboxylic acids is 1. The predicted octanol–water partition coefficient (Wildman–Crippen LogP) is 3.01. The first-order valence-electron chi connectivity index (χ1n) is 8.80. The van der Waals surface area contributed by atoms with Gasteiger partial charge < -0.3 is 20.9 Å². The Balaban J connectivity index is 0.000000257. The average Bonchev–Trinajstić information content (AvgIpc) is 2.59. The maximum atomic E-state index is 10.7. The minimum Gasteiger partial charge on any atom is -0.480 e. The summed E-state index contributed by atoms with van der Waals surface area (Å²) in [5, 5.41) is 11.7. The summed E-state index contributed by atoms with van der Waals surface area (Å²) in [6.07, 6.45) is 5.83. The number of para-hydroxylation sites is 1. The number of hydrogen-bond donors (Lipinski definition) is 3. The molecular weight excluding hydrogens is 320 g/mol. The highest BCUT2D eigenvalue weighted by Crippen LogP contribution is 2.20. The smallest absolute Gasteiger partial charge is 0.325 e. The Bertz CT molecular complexity index is 548. The second-order valence-electron chi connectivity index (χ2n) is 6.43. The van der Waals surface area contributed by atoms with E-state index in [1.165, 1.54) is 19.3 Å². The second-order valence-corrected chi connectivity index (χ2v) is 6.43. The third-order valence-electron chi connectivity index (χ3n) is 4.23. The Morgan fingerprint density at radius 3 is 2.28 bits per heavy atom. The predicted molar refractivity (Wildman–Crippen MR) is 98.7 cm³/mol. The zero-order valence-electron chi connectivity index (χ0n) is 15.4. The lowest BCUT2D eigenvalue weighted by molar-refractivity contribution is -0.148. The number of nitrogens with one attached hydrogen (secondary N) is 1. The molecule has 0 spiro atoms. The van der Waals surface area contributed by atoms with E-state index in [9.17, 15) is 9.59 Å². The van der Waals surface area contributed by atoms with Crippen LogP contribution in [-0.4, -0.2) is 35.7 Å². The first-order chi connectivity index (χ1) is 11.8. The average molecular weight is 350 g/mol. The SMILES string of the molecule is Cc1cccc(C)c1N[C@@H](C)C(=O)O.NCC(=O)OC1CCCCC1. The van der Waals surface area contributed by atoms with Crippen LogP contribution < -0.4 is 11.1 Å². The molecule has 0 amide bonds. The molecule has 0 saturated heterocycles. The molecule has 1 aromatic rings. The van der Waals surface area contributed by atoms with Crippen LogP contribution in [0.3, 0.4) is 0 Å². The highest BCUT2D eigenvalue weighted by atomic mass is 16.5. The summed E-state index contributed by atoms with van der Waals surface area (Å²) >= 11 is 0. The van der Waals surface area contributed by atoms with Gasteiger partial charge in [0.2, 0.25) is 0 Å². The van der Waals surface area contributed by atoms with Crippen molar-refractivity contribution in [1.29, 1.82) is 0 Å². The summed E-state index contributed by atoms with van der Waals surface area (Å²) in [5.74, 6) is -1.11. The third kappa shape index (κ3) is 7.56. The Morgan fingerprint density at radius 2 is 1.80 bits per heavy atom. The van der Waals surface area contributed by atoms with Crippen LogP contribution in [0.25, 0.3) is 0 Å². The molecule has 0 aromatic heterocycles. The molecule has 1 fully saturated rings. The van der Waals surface area contributed by atoms with Crippen molar-refractivity contribution in [3.63, 3.8) is 0 Å².